The Morgan fingerprint density at radius 2 is 1.94 bits per heavy atom. The zero-order chi connectivity index (χ0) is 11.9. The van der Waals surface area contributed by atoms with Crippen LogP contribution in [0.1, 0.15) is 38.2 Å². The van der Waals surface area contributed by atoms with E-state index in [9.17, 15) is 0 Å². The fraction of sp³-hybridized carbons (Fsp3) is 0.600. The molecule has 2 unspecified atom stereocenters. The minimum atomic E-state index is 0.393. The largest absolute Gasteiger partial charge is 0.372 e. The van der Waals surface area contributed by atoms with Crippen LogP contribution in [0, 0.1) is 0 Å². The lowest BCUT2D eigenvalue weighted by Gasteiger charge is -2.32. The van der Waals surface area contributed by atoms with E-state index in [1.807, 2.05) is 6.07 Å². The van der Waals surface area contributed by atoms with Crippen molar-refractivity contribution in [2.45, 2.75) is 51.4 Å². The van der Waals surface area contributed by atoms with Gasteiger partial charge in [-0.3, -0.25) is 0 Å². The normalized spacial score (nSPS) is 24.8. The van der Waals surface area contributed by atoms with Gasteiger partial charge in [-0.2, -0.15) is 0 Å². The monoisotopic (exact) mass is 233 g/mol. The van der Waals surface area contributed by atoms with Crippen molar-refractivity contribution in [3.8, 4) is 0 Å². The molecule has 2 rings (SSSR count). The summed E-state index contributed by atoms with van der Waals surface area (Å²) in [7, 11) is 0. The topological polar surface area (TPSA) is 21.3 Å². The molecule has 1 fully saturated rings. The van der Waals surface area contributed by atoms with Crippen molar-refractivity contribution in [2.75, 3.05) is 6.54 Å². The van der Waals surface area contributed by atoms with Gasteiger partial charge in [-0.25, -0.2) is 0 Å². The summed E-state index contributed by atoms with van der Waals surface area (Å²) in [6.07, 6.45) is 5.49. The van der Waals surface area contributed by atoms with Crippen molar-refractivity contribution < 1.29 is 4.74 Å². The van der Waals surface area contributed by atoms with Crippen molar-refractivity contribution in [1.29, 1.82) is 0 Å². The van der Waals surface area contributed by atoms with Crippen molar-refractivity contribution in [1.82, 2.24) is 5.32 Å². The first-order valence-corrected chi connectivity index (χ1v) is 6.79. The van der Waals surface area contributed by atoms with Crippen LogP contribution < -0.4 is 5.32 Å². The molecule has 0 bridgehead atoms. The molecule has 0 heterocycles. The van der Waals surface area contributed by atoms with E-state index in [0.717, 1.165) is 13.2 Å². The van der Waals surface area contributed by atoms with Crippen molar-refractivity contribution in [2.24, 2.45) is 0 Å². The van der Waals surface area contributed by atoms with Gasteiger partial charge in [0.1, 0.15) is 0 Å². The lowest BCUT2D eigenvalue weighted by Crippen LogP contribution is -2.43. The maximum Gasteiger partial charge on any atom is 0.0732 e. The number of nitrogens with one attached hydrogen (secondary N) is 1. The summed E-state index contributed by atoms with van der Waals surface area (Å²) < 4.78 is 6.07. The maximum absolute atomic E-state index is 6.07. The molecule has 1 aliphatic carbocycles. The Kier molecular flexibility index (Phi) is 5.02. The highest BCUT2D eigenvalue weighted by Crippen LogP contribution is 2.22. The fourth-order valence-electron chi connectivity index (χ4n) is 2.57. The third-order valence-corrected chi connectivity index (χ3v) is 3.48. The number of benzene rings is 1. The molecule has 2 heteroatoms. The van der Waals surface area contributed by atoms with E-state index in [4.69, 9.17) is 4.74 Å². The minimum Gasteiger partial charge on any atom is -0.372 e. The van der Waals surface area contributed by atoms with Gasteiger partial charge < -0.3 is 10.1 Å². The molecule has 2 atom stereocenters. The predicted octanol–water partition coefficient (Wildman–Crippen LogP) is 3.12. The molecule has 17 heavy (non-hydrogen) atoms. The summed E-state index contributed by atoms with van der Waals surface area (Å²) in [6, 6.07) is 11.0. The zero-order valence-electron chi connectivity index (χ0n) is 10.7. The second kappa shape index (κ2) is 6.77. The molecule has 0 saturated heterocycles. The first kappa shape index (κ1) is 12.6. The molecule has 1 saturated carbocycles. The summed E-state index contributed by atoms with van der Waals surface area (Å²) >= 11 is 0. The van der Waals surface area contributed by atoms with Gasteiger partial charge in [-0.1, -0.05) is 50.1 Å². The quantitative estimate of drug-likeness (QED) is 0.843. The molecule has 1 aromatic rings. The van der Waals surface area contributed by atoms with Crippen LogP contribution in [-0.4, -0.2) is 18.7 Å². The molecule has 94 valence electrons. The van der Waals surface area contributed by atoms with Crippen LogP contribution in [0.3, 0.4) is 0 Å². The second-order valence-electron chi connectivity index (χ2n) is 4.78. The predicted molar refractivity (Wildman–Crippen MR) is 71.0 cm³/mol. The van der Waals surface area contributed by atoms with Crippen LogP contribution in [0.5, 0.6) is 0 Å². The van der Waals surface area contributed by atoms with Gasteiger partial charge in [-0.05, 0) is 24.9 Å². The molecular formula is C15H23NO. The fourth-order valence-corrected chi connectivity index (χ4v) is 2.57. The van der Waals surface area contributed by atoms with E-state index in [2.05, 4.69) is 36.5 Å². The number of ether oxygens (including phenoxy) is 1. The van der Waals surface area contributed by atoms with E-state index in [1.54, 1.807) is 0 Å². The van der Waals surface area contributed by atoms with Crippen LogP contribution in [0.25, 0.3) is 0 Å². The van der Waals surface area contributed by atoms with Gasteiger partial charge >= 0.3 is 0 Å². The molecule has 1 aromatic carbocycles. The Labute approximate surface area is 104 Å². The number of hydrogen-bond acceptors (Lipinski definition) is 2. The minimum absolute atomic E-state index is 0.393. The number of hydrogen-bond donors (Lipinski definition) is 1. The van der Waals surface area contributed by atoms with Crippen LogP contribution in [-0.2, 0) is 11.3 Å². The van der Waals surface area contributed by atoms with Crippen molar-refractivity contribution in [3.05, 3.63) is 35.9 Å². The van der Waals surface area contributed by atoms with Crippen LogP contribution in [0.15, 0.2) is 30.3 Å². The van der Waals surface area contributed by atoms with Gasteiger partial charge in [0.2, 0.25) is 0 Å². The molecule has 1 aliphatic rings. The first-order chi connectivity index (χ1) is 8.40. The van der Waals surface area contributed by atoms with Gasteiger partial charge in [-0.15, -0.1) is 0 Å². The summed E-state index contributed by atoms with van der Waals surface area (Å²) in [5.74, 6) is 0. The van der Waals surface area contributed by atoms with E-state index < -0.39 is 0 Å². The van der Waals surface area contributed by atoms with E-state index in [-0.39, 0.29) is 0 Å². The van der Waals surface area contributed by atoms with Crippen LogP contribution >= 0.6 is 0 Å². The summed E-state index contributed by atoms with van der Waals surface area (Å²) in [5, 5.41) is 3.55. The molecule has 0 radical (unpaired) electrons. The summed E-state index contributed by atoms with van der Waals surface area (Å²) in [4.78, 5) is 0. The average Bonchev–Trinajstić information content (AvgIpc) is 2.39. The molecule has 0 spiro atoms. The highest BCUT2D eigenvalue weighted by atomic mass is 16.5. The van der Waals surface area contributed by atoms with E-state index in [0.29, 0.717) is 12.1 Å². The van der Waals surface area contributed by atoms with Gasteiger partial charge in [0, 0.05) is 6.04 Å². The Hall–Kier alpha value is -0.860. The van der Waals surface area contributed by atoms with Gasteiger partial charge in [0.15, 0.2) is 0 Å². The Bertz CT molecular complexity index is 310. The van der Waals surface area contributed by atoms with Gasteiger partial charge in [0.05, 0.1) is 12.7 Å². The molecular weight excluding hydrogens is 210 g/mol. The molecule has 1 N–H and O–H groups in total. The summed E-state index contributed by atoms with van der Waals surface area (Å²) in [5.41, 5.74) is 1.27. The summed E-state index contributed by atoms with van der Waals surface area (Å²) in [6.45, 7) is 3.95. The second-order valence-corrected chi connectivity index (χ2v) is 4.78. The SMILES string of the molecule is CCNC1CCCCC1OCc1ccccc1. The zero-order valence-corrected chi connectivity index (χ0v) is 10.7. The lowest BCUT2D eigenvalue weighted by atomic mass is 9.92. The molecule has 0 amide bonds. The van der Waals surface area contributed by atoms with E-state index >= 15 is 0 Å². The first-order valence-electron chi connectivity index (χ1n) is 6.79. The van der Waals surface area contributed by atoms with Crippen molar-refractivity contribution >= 4 is 0 Å². The molecule has 0 aliphatic heterocycles. The molecule has 2 nitrogen and oxygen atoms in total. The number of likely N-dealkylation sites (N-methyl/N-ethyl adjacent to an activating group) is 1. The third kappa shape index (κ3) is 3.83. The Morgan fingerprint density at radius 1 is 1.18 bits per heavy atom. The van der Waals surface area contributed by atoms with Gasteiger partial charge in [0.25, 0.3) is 0 Å². The molecule has 0 aromatic heterocycles. The Balaban J connectivity index is 1.84. The average molecular weight is 233 g/mol. The number of rotatable bonds is 5. The van der Waals surface area contributed by atoms with E-state index in [1.165, 1.54) is 31.2 Å². The van der Waals surface area contributed by atoms with Crippen LogP contribution in [0.4, 0.5) is 0 Å². The standard InChI is InChI=1S/C15H23NO/c1-2-16-14-10-6-7-11-15(14)17-12-13-8-4-3-5-9-13/h3-5,8-9,14-16H,2,6-7,10-12H2,1H3. The third-order valence-electron chi connectivity index (χ3n) is 3.48. The van der Waals surface area contributed by atoms with Crippen LogP contribution in [0.2, 0.25) is 0 Å². The maximum atomic E-state index is 6.07. The Morgan fingerprint density at radius 3 is 2.71 bits per heavy atom. The highest BCUT2D eigenvalue weighted by Gasteiger charge is 2.24. The highest BCUT2D eigenvalue weighted by molar-refractivity contribution is 5.13. The smallest absolute Gasteiger partial charge is 0.0732 e. The van der Waals surface area contributed by atoms with Crippen molar-refractivity contribution in [3.63, 3.8) is 0 Å². The lowest BCUT2D eigenvalue weighted by molar-refractivity contribution is -0.00503.